The number of amides is 1. The monoisotopic (exact) mass is 397 g/mol. The fraction of sp³-hybridized carbons (Fsp3) is 0.0556. The number of halogens is 1. The minimum absolute atomic E-state index is 0.214. The van der Waals surface area contributed by atoms with E-state index in [1.54, 1.807) is 42.5 Å². The van der Waals surface area contributed by atoms with E-state index in [9.17, 15) is 9.59 Å². The molecular formula is C18H12ClN5O2S. The lowest BCUT2D eigenvalue weighted by Gasteiger charge is -2.08. The van der Waals surface area contributed by atoms with Crippen molar-refractivity contribution in [2.75, 3.05) is 5.32 Å². The summed E-state index contributed by atoms with van der Waals surface area (Å²) in [7, 11) is 0. The second-order valence-corrected chi connectivity index (χ2v) is 6.67. The number of carbonyl (C=O) groups excluding carboxylic acids is 1. The van der Waals surface area contributed by atoms with Crippen LogP contribution in [0.3, 0.4) is 0 Å². The molecule has 0 spiro atoms. The third kappa shape index (κ3) is 3.71. The van der Waals surface area contributed by atoms with Crippen molar-refractivity contribution in [1.82, 2.24) is 18.5 Å². The van der Waals surface area contributed by atoms with Gasteiger partial charge in [-0.15, -0.1) is 0 Å². The number of hydrogen-bond donors (Lipinski definition) is 1. The van der Waals surface area contributed by atoms with Crippen LogP contribution in [0.2, 0.25) is 5.02 Å². The molecule has 0 aliphatic rings. The number of benzene rings is 2. The fourth-order valence-corrected chi connectivity index (χ4v) is 3.25. The van der Waals surface area contributed by atoms with Crippen molar-refractivity contribution in [3.05, 3.63) is 70.0 Å². The van der Waals surface area contributed by atoms with E-state index in [-0.39, 0.29) is 18.0 Å². The van der Waals surface area contributed by atoms with E-state index in [0.29, 0.717) is 27.4 Å². The van der Waals surface area contributed by atoms with Crippen LogP contribution in [0.5, 0.6) is 0 Å². The van der Waals surface area contributed by atoms with Gasteiger partial charge in [-0.1, -0.05) is 29.8 Å². The maximum atomic E-state index is 12.4. The Morgan fingerprint density at radius 3 is 2.70 bits per heavy atom. The molecule has 9 heteroatoms. The van der Waals surface area contributed by atoms with Gasteiger partial charge in [-0.3, -0.25) is 9.59 Å². The summed E-state index contributed by atoms with van der Waals surface area (Å²) in [5.41, 5.74) is 2.88. The molecule has 0 aliphatic heterocycles. The third-order valence-corrected chi connectivity index (χ3v) is 4.65. The Labute approximate surface area is 162 Å². The average molecular weight is 398 g/mol. The predicted molar refractivity (Wildman–Crippen MR) is 105 cm³/mol. The molecule has 2 heterocycles. The lowest BCUT2D eigenvalue weighted by Crippen LogP contribution is -2.29. The molecule has 1 amide bonds. The van der Waals surface area contributed by atoms with E-state index in [0.717, 1.165) is 22.0 Å². The van der Waals surface area contributed by atoms with Crippen molar-refractivity contribution in [2.24, 2.45) is 0 Å². The predicted octanol–water partition coefficient (Wildman–Crippen LogP) is 3.21. The molecule has 0 unspecified atom stereocenters. The highest BCUT2D eigenvalue weighted by molar-refractivity contribution is 7.00. The van der Waals surface area contributed by atoms with Crippen LogP contribution in [-0.2, 0) is 11.3 Å². The highest BCUT2D eigenvalue weighted by Crippen LogP contribution is 2.21. The molecule has 2 aromatic heterocycles. The number of fused-ring (bicyclic) bond motifs is 1. The van der Waals surface area contributed by atoms with Crippen LogP contribution in [0.4, 0.5) is 5.69 Å². The van der Waals surface area contributed by atoms with Crippen molar-refractivity contribution in [1.29, 1.82) is 0 Å². The fourth-order valence-electron chi connectivity index (χ4n) is 2.57. The van der Waals surface area contributed by atoms with Gasteiger partial charge in [0.15, 0.2) is 0 Å². The Morgan fingerprint density at radius 1 is 1.07 bits per heavy atom. The molecular weight excluding hydrogens is 386 g/mol. The molecule has 0 atom stereocenters. The first-order valence-corrected chi connectivity index (χ1v) is 9.06. The largest absolute Gasteiger partial charge is 0.322 e. The van der Waals surface area contributed by atoms with Crippen molar-refractivity contribution in [2.45, 2.75) is 6.54 Å². The summed E-state index contributed by atoms with van der Waals surface area (Å²) < 4.78 is 9.44. The third-order valence-electron chi connectivity index (χ3n) is 3.86. The van der Waals surface area contributed by atoms with E-state index in [1.165, 1.54) is 6.07 Å². The van der Waals surface area contributed by atoms with Gasteiger partial charge in [-0.25, -0.2) is 4.68 Å². The molecule has 2 aromatic carbocycles. The zero-order valence-electron chi connectivity index (χ0n) is 13.8. The van der Waals surface area contributed by atoms with Gasteiger partial charge in [-0.2, -0.15) is 13.8 Å². The van der Waals surface area contributed by atoms with E-state index in [2.05, 4.69) is 19.2 Å². The number of anilines is 1. The van der Waals surface area contributed by atoms with Gasteiger partial charge < -0.3 is 5.32 Å². The summed E-state index contributed by atoms with van der Waals surface area (Å²) in [5, 5.41) is 7.65. The summed E-state index contributed by atoms with van der Waals surface area (Å²) >= 11 is 6.97. The SMILES string of the molecule is O=C(Cn1nc(-c2ccc(Cl)cc2)ccc1=O)Nc1cccc2nsnc12. The van der Waals surface area contributed by atoms with Gasteiger partial charge in [0.25, 0.3) is 5.56 Å². The van der Waals surface area contributed by atoms with Crippen LogP contribution >= 0.6 is 23.3 Å². The molecule has 0 bridgehead atoms. The Morgan fingerprint density at radius 2 is 1.89 bits per heavy atom. The van der Waals surface area contributed by atoms with E-state index in [1.807, 2.05) is 6.07 Å². The van der Waals surface area contributed by atoms with Gasteiger partial charge in [-0.05, 0) is 30.3 Å². The molecule has 7 nitrogen and oxygen atoms in total. The molecule has 4 rings (SSSR count). The standard InChI is InChI=1S/C18H12ClN5O2S/c19-12-6-4-11(5-7-12)13-8-9-17(26)24(21-13)10-16(25)20-14-2-1-3-15-18(14)23-27-22-15/h1-9H,10H2,(H,20,25). The first-order valence-electron chi connectivity index (χ1n) is 7.95. The first-order chi connectivity index (χ1) is 13.1. The summed E-state index contributed by atoms with van der Waals surface area (Å²) in [6.45, 7) is -0.214. The highest BCUT2D eigenvalue weighted by atomic mass is 35.5. The van der Waals surface area contributed by atoms with Gasteiger partial charge in [0, 0.05) is 16.7 Å². The lowest BCUT2D eigenvalue weighted by molar-refractivity contribution is -0.117. The summed E-state index contributed by atoms with van der Waals surface area (Å²) in [4.78, 5) is 24.5. The number of rotatable bonds is 4. The number of nitrogens with zero attached hydrogens (tertiary/aromatic N) is 4. The van der Waals surface area contributed by atoms with Crippen molar-refractivity contribution < 1.29 is 4.79 Å². The smallest absolute Gasteiger partial charge is 0.267 e. The van der Waals surface area contributed by atoms with Gasteiger partial charge in [0.1, 0.15) is 17.6 Å². The first kappa shape index (κ1) is 17.3. The van der Waals surface area contributed by atoms with Crippen LogP contribution in [0, 0.1) is 0 Å². The zero-order valence-corrected chi connectivity index (χ0v) is 15.4. The molecule has 0 radical (unpaired) electrons. The average Bonchev–Trinajstić information content (AvgIpc) is 3.14. The highest BCUT2D eigenvalue weighted by Gasteiger charge is 2.11. The van der Waals surface area contributed by atoms with Crippen LogP contribution in [0.25, 0.3) is 22.3 Å². The van der Waals surface area contributed by atoms with Crippen molar-refractivity contribution in [3.8, 4) is 11.3 Å². The number of hydrogen-bond acceptors (Lipinski definition) is 6. The minimum Gasteiger partial charge on any atom is -0.322 e. The Bertz CT molecular complexity index is 1190. The maximum Gasteiger partial charge on any atom is 0.267 e. The summed E-state index contributed by atoms with van der Waals surface area (Å²) in [5.74, 6) is -0.377. The second-order valence-electron chi connectivity index (χ2n) is 5.71. The lowest BCUT2D eigenvalue weighted by atomic mass is 10.1. The topological polar surface area (TPSA) is 89.8 Å². The molecule has 0 saturated carbocycles. The Kier molecular flexibility index (Phi) is 4.66. The Hall–Kier alpha value is -3.10. The second kappa shape index (κ2) is 7.26. The molecule has 134 valence electrons. The maximum absolute atomic E-state index is 12.4. The zero-order chi connectivity index (χ0) is 18.8. The normalized spacial score (nSPS) is 10.9. The minimum atomic E-state index is -0.377. The van der Waals surface area contributed by atoms with Crippen LogP contribution in [-0.4, -0.2) is 24.4 Å². The summed E-state index contributed by atoms with van der Waals surface area (Å²) in [6, 6.07) is 15.4. The molecule has 27 heavy (non-hydrogen) atoms. The van der Waals surface area contributed by atoms with Gasteiger partial charge in [0.05, 0.1) is 23.1 Å². The molecule has 0 fully saturated rings. The van der Waals surface area contributed by atoms with E-state index < -0.39 is 0 Å². The van der Waals surface area contributed by atoms with Gasteiger partial charge in [0.2, 0.25) is 5.91 Å². The quantitative estimate of drug-likeness (QED) is 0.571. The van der Waals surface area contributed by atoms with Crippen LogP contribution in [0.1, 0.15) is 0 Å². The van der Waals surface area contributed by atoms with Crippen LogP contribution in [0.15, 0.2) is 59.4 Å². The van der Waals surface area contributed by atoms with Crippen molar-refractivity contribution >= 4 is 46.0 Å². The van der Waals surface area contributed by atoms with Crippen molar-refractivity contribution in [3.63, 3.8) is 0 Å². The molecule has 1 N–H and O–H groups in total. The molecule has 4 aromatic rings. The van der Waals surface area contributed by atoms with Crippen LogP contribution < -0.4 is 10.9 Å². The van der Waals surface area contributed by atoms with Gasteiger partial charge >= 0.3 is 0 Å². The Balaban J connectivity index is 1.57. The van der Waals surface area contributed by atoms with E-state index in [4.69, 9.17) is 11.6 Å². The molecule has 0 saturated heterocycles. The molecule has 0 aliphatic carbocycles. The number of aromatic nitrogens is 4. The number of carbonyl (C=O) groups is 1. The van der Waals surface area contributed by atoms with E-state index >= 15 is 0 Å². The summed E-state index contributed by atoms with van der Waals surface area (Å²) in [6.07, 6.45) is 0. The number of nitrogens with one attached hydrogen (secondary N) is 1.